The zero-order valence-corrected chi connectivity index (χ0v) is 20.0. The Morgan fingerprint density at radius 3 is 2.58 bits per heavy atom. The number of carbonyl (C=O) groups excluding carboxylic acids is 2. The van der Waals surface area contributed by atoms with Gasteiger partial charge < -0.3 is 15.5 Å². The smallest absolute Gasteiger partial charge is 0.235 e. The highest BCUT2D eigenvalue weighted by Gasteiger charge is 2.68. The van der Waals surface area contributed by atoms with Gasteiger partial charge in [-0.2, -0.15) is 0 Å². The summed E-state index contributed by atoms with van der Waals surface area (Å²) in [4.78, 5) is 27.8. The number of carbonyl (C=O) groups is 2. The first kappa shape index (κ1) is 23.9. The first-order valence-corrected chi connectivity index (χ1v) is 12.2. The monoisotopic (exact) mass is 451 g/mol. The van der Waals surface area contributed by atoms with Crippen molar-refractivity contribution in [1.82, 2.24) is 5.32 Å². The summed E-state index contributed by atoms with van der Waals surface area (Å²) in [5.41, 5.74) is -0.561. The Bertz CT molecular complexity index is 952. The fraction of sp³-hybridized carbons (Fsp3) is 0.571. The van der Waals surface area contributed by atoms with Crippen molar-refractivity contribution in [3.05, 3.63) is 60.2 Å². The highest BCUT2D eigenvalue weighted by Crippen LogP contribution is 2.57. The zero-order valence-electron chi connectivity index (χ0n) is 20.0. The third kappa shape index (κ3) is 4.10. The average molecular weight is 452 g/mol. The van der Waals surface area contributed by atoms with Gasteiger partial charge in [0.2, 0.25) is 5.91 Å². The third-order valence-electron chi connectivity index (χ3n) is 8.34. The van der Waals surface area contributed by atoms with Gasteiger partial charge in [0.15, 0.2) is 0 Å². The van der Waals surface area contributed by atoms with Crippen LogP contribution in [0.2, 0.25) is 0 Å². The van der Waals surface area contributed by atoms with Gasteiger partial charge in [0.05, 0.1) is 11.7 Å². The van der Waals surface area contributed by atoms with E-state index in [1.165, 1.54) is 0 Å². The number of aliphatic hydroxyl groups excluding tert-OH is 1. The first-order chi connectivity index (χ1) is 15.6. The fourth-order valence-corrected chi connectivity index (χ4v) is 6.73. The van der Waals surface area contributed by atoms with E-state index in [0.29, 0.717) is 31.3 Å². The Morgan fingerprint density at radius 2 is 1.88 bits per heavy atom. The molecule has 1 aliphatic heterocycles. The molecule has 1 amide bonds. The normalized spacial score (nSPS) is 42.6. The summed E-state index contributed by atoms with van der Waals surface area (Å²) in [5.74, 6) is -1.42. The minimum absolute atomic E-state index is 0.109. The predicted molar refractivity (Wildman–Crippen MR) is 128 cm³/mol. The molecule has 1 heterocycles. The molecule has 2 fully saturated rings. The van der Waals surface area contributed by atoms with Gasteiger partial charge in [-0.15, -0.1) is 0 Å². The van der Waals surface area contributed by atoms with E-state index in [-0.39, 0.29) is 41.9 Å². The van der Waals surface area contributed by atoms with Crippen LogP contribution in [0.5, 0.6) is 0 Å². The molecule has 178 valence electrons. The summed E-state index contributed by atoms with van der Waals surface area (Å²) in [6.45, 7) is 10.0. The van der Waals surface area contributed by atoms with Crippen molar-refractivity contribution in [2.45, 2.75) is 70.6 Å². The highest BCUT2D eigenvalue weighted by molar-refractivity contribution is 6.09. The third-order valence-corrected chi connectivity index (χ3v) is 8.34. The Morgan fingerprint density at radius 1 is 1.18 bits per heavy atom. The maximum Gasteiger partial charge on any atom is 0.235 e. The molecule has 2 aliphatic carbocycles. The van der Waals surface area contributed by atoms with Crippen molar-refractivity contribution < 1.29 is 19.8 Å². The molecular formula is C28H37NO4. The number of nitrogens with one attached hydrogen (secondary N) is 1. The molecule has 0 aromatic heterocycles. The standard InChI is InChI=1S/C28H37NO4/c1-17-9-8-12-21-25(31)19(3)18(2)24-22(15-20-10-6-5-7-11-20)29-26(32)28(21,24)23(30)13-14-27(4,33)16-17/h5-8,10-12,17-18,21-22,24-25,31,33H,3,9,13-16H2,1-2,4H3,(H,29,32)/b12-8+/t17?,18-,21+,22+,24+,25?,27+,28+/m1/s1. The van der Waals surface area contributed by atoms with Gasteiger partial charge in [0, 0.05) is 24.3 Å². The first-order valence-electron chi connectivity index (χ1n) is 12.2. The van der Waals surface area contributed by atoms with E-state index in [4.69, 9.17) is 0 Å². The quantitative estimate of drug-likeness (QED) is 0.474. The summed E-state index contributed by atoms with van der Waals surface area (Å²) in [7, 11) is 0. The van der Waals surface area contributed by atoms with Crippen LogP contribution in [0, 0.1) is 29.1 Å². The van der Waals surface area contributed by atoms with Crippen LogP contribution in [-0.2, 0) is 16.0 Å². The Balaban J connectivity index is 1.82. The van der Waals surface area contributed by atoms with Gasteiger partial charge in [-0.3, -0.25) is 9.59 Å². The topological polar surface area (TPSA) is 86.6 Å². The molecule has 0 bridgehead atoms. The fourth-order valence-electron chi connectivity index (χ4n) is 6.73. The number of hydrogen-bond acceptors (Lipinski definition) is 4. The Labute approximate surface area is 197 Å². The molecule has 1 aromatic rings. The number of allylic oxidation sites excluding steroid dienone is 1. The van der Waals surface area contributed by atoms with E-state index in [1.807, 2.05) is 49.4 Å². The molecule has 1 saturated heterocycles. The summed E-state index contributed by atoms with van der Waals surface area (Å²) >= 11 is 0. The Kier molecular flexibility index (Phi) is 6.41. The molecule has 3 N–H and O–H groups in total. The van der Waals surface area contributed by atoms with E-state index in [1.54, 1.807) is 6.92 Å². The second-order valence-electron chi connectivity index (χ2n) is 10.9. The van der Waals surface area contributed by atoms with Crippen LogP contribution in [0.3, 0.4) is 0 Å². The van der Waals surface area contributed by atoms with Crippen LogP contribution in [0.1, 0.15) is 52.0 Å². The van der Waals surface area contributed by atoms with Crippen LogP contribution in [0.25, 0.3) is 0 Å². The molecule has 5 heteroatoms. The van der Waals surface area contributed by atoms with E-state index in [0.717, 1.165) is 5.56 Å². The molecule has 1 saturated carbocycles. The lowest BCUT2D eigenvalue weighted by Gasteiger charge is -2.49. The predicted octanol–water partition coefficient (Wildman–Crippen LogP) is 3.60. The van der Waals surface area contributed by atoms with E-state index < -0.39 is 23.0 Å². The molecule has 33 heavy (non-hydrogen) atoms. The SMILES string of the molecule is C=C1C(O)[C@@H]2/C=C/CC(C)C[C@@](C)(O)CCC(=O)[C@@]23C(=O)N[C@@H](Cc2ccccc2)[C@@H]3[C@@H]1C. The molecule has 4 rings (SSSR count). The number of Topliss-reactive ketones (excluding diaryl/α,β-unsaturated/α-hetero) is 1. The summed E-state index contributed by atoms with van der Waals surface area (Å²) < 4.78 is 0. The summed E-state index contributed by atoms with van der Waals surface area (Å²) in [5, 5.41) is 25.4. The van der Waals surface area contributed by atoms with E-state index in [2.05, 4.69) is 18.8 Å². The van der Waals surface area contributed by atoms with Gasteiger partial charge in [-0.25, -0.2) is 0 Å². The van der Waals surface area contributed by atoms with Gasteiger partial charge in [0.25, 0.3) is 0 Å². The molecule has 8 atom stereocenters. The maximum atomic E-state index is 14.0. The van der Waals surface area contributed by atoms with Crippen molar-refractivity contribution >= 4 is 11.7 Å². The maximum absolute atomic E-state index is 14.0. The van der Waals surface area contributed by atoms with Crippen LogP contribution >= 0.6 is 0 Å². The molecule has 2 unspecified atom stereocenters. The molecule has 0 radical (unpaired) electrons. The number of rotatable bonds is 2. The van der Waals surface area contributed by atoms with Crippen molar-refractivity contribution in [2.24, 2.45) is 29.1 Å². The zero-order chi connectivity index (χ0) is 24.0. The summed E-state index contributed by atoms with van der Waals surface area (Å²) in [6.07, 6.45) is 5.23. The highest BCUT2D eigenvalue weighted by atomic mass is 16.3. The largest absolute Gasteiger partial charge is 0.390 e. The van der Waals surface area contributed by atoms with Crippen LogP contribution in [-0.4, -0.2) is 39.7 Å². The van der Waals surface area contributed by atoms with E-state index in [9.17, 15) is 19.8 Å². The lowest BCUT2D eigenvalue weighted by molar-refractivity contribution is -0.152. The van der Waals surface area contributed by atoms with Crippen LogP contribution in [0.15, 0.2) is 54.6 Å². The lowest BCUT2D eigenvalue weighted by atomic mass is 9.51. The minimum atomic E-state index is -1.36. The molecule has 5 nitrogen and oxygen atoms in total. The molecule has 1 aromatic carbocycles. The number of ketones is 1. The lowest BCUT2D eigenvalue weighted by Crippen LogP contribution is -2.58. The molecule has 3 aliphatic rings. The van der Waals surface area contributed by atoms with Gasteiger partial charge >= 0.3 is 0 Å². The minimum Gasteiger partial charge on any atom is -0.390 e. The summed E-state index contributed by atoms with van der Waals surface area (Å²) in [6, 6.07) is 9.74. The Hall–Kier alpha value is -2.24. The van der Waals surface area contributed by atoms with Crippen LogP contribution < -0.4 is 5.32 Å². The van der Waals surface area contributed by atoms with Crippen LogP contribution in [0.4, 0.5) is 0 Å². The van der Waals surface area contributed by atoms with Gasteiger partial charge in [-0.05, 0) is 55.6 Å². The van der Waals surface area contributed by atoms with Crippen molar-refractivity contribution in [2.75, 3.05) is 0 Å². The molecule has 1 spiro atoms. The number of benzene rings is 1. The number of amides is 1. The second kappa shape index (κ2) is 8.84. The van der Waals surface area contributed by atoms with Gasteiger partial charge in [-0.1, -0.05) is 62.9 Å². The van der Waals surface area contributed by atoms with Crippen molar-refractivity contribution in [1.29, 1.82) is 0 Å². The molecular weight excluding hydrogens is 414 g/mol. The second-order valence-corrected chi connectivity index (χ2v) is 10.9. The van der Waals surface area contributed by atoms with Crippen molar-refractivity contribution in [3.8, 4) is 0 Å². The van der Waals surface area contributed by atoms with Gasteiger partial charge in [0.1, 0.15) is 11.2 Å². The van der Waals surface area contributed by atoms with Crippen molar-refractivity contribution in [3.63, 3.8) is 0 Å². The number of aliphatic hydroxyl groups is 2. The number of hydrogen-bond donors (Lipinski definition) is 3. The average Bonchev–Trinajstić information content (AvgIpc) is 3.04. The van der Waals surface area contributed by atoms with E-state index >= 15 is 0 Å².